The maximum Gasteiger partial charge on any atom is 0.282 e. The van der Waals surface area contributed by atoms with E-state index < -0.39 is 0 Å². The summed E-state index contributed by atoms with van der Waals surface area (Å²) in [6, 6.07) is 8.90. The van der Waals surface area contributed by atoms with E-state index in [1.807, 2.05) is 6.07 Å². The highest BCUT2D eigenvalue weighted by atomic mass is 79.9. The van der Waals surface area contributed by atoms with E-state index in [4.69, 9.17) is 15.9 Å². The molecule has 1 heterocycles. The van der Waals surface area contributed by atoms with Gasteiger partial charge in [0.2, 0.25) is 0 Å². The second-order valence-corrected chi connectivity index (χ2v) is 7.48. The zero-order valence-electron chi connectivity index (χ0n) is 15.1. The largest absolute Gasteiger partial charge is 0.493 e. The Balaban J connectivity index is 2.04. The molecule has 0 aliphatic rings. The Morgan fingerprint density at radius 1 is 1.32 bits per heavy atom. The van der Waals surface area contributed by atoms with Gasteiger partial charge in [-0.15, -0.1) is 6.42 Å². The summed E-state index contributed by atoms with van der Waals surface area (Å²) >= 11 is 6.82. The minimum absolute atomic E-state index is 0.120. The van der Waals surface area contributed by atoms with Crippen molar-refractivity contribution in [2.24, 2.45) is 5.10 Å². The van der Waals surface area contributed by atoms with Gasteiger partial charge >= 0.3 is 0 Å². The zero-order chi connectivity index (χ0) is 20.3. The fourth-order valence-electron chi connectivity index (χ4n) is 2.59. The lowest BCUT2D eigenvalue weighted by Gasteiger charge is -2.11. The van der Waals surface area contributed by atoms with Crippen LogP contribution in [0.1, 0.15) is 11.4 Å². The molecule has 0 unspecified atom stereocenters. The first-order valence-electron chi connectivity index (χ1n) is 8.11. The molecule has 0 atom stereocenters. The van der Waals surface area contributed by atoms with Gasteiger partial charge in [0.05, 0.1) is 28.7 Å². The second-order valence-electron chi connectivity index (χ2n) is 5.71. The third-order valence-corrected chi connectivity index (χ3v) is 4.93. The van der Waals surface area contributed by atoms with Crippen LogP contribution in [0.15, 0.2) is 49.2 Å². The van der Waals surface area contributed by atoms with Gasteiger partial charge < -0.3 is 9.47 Å². The number of terminal acetylenes is 1. The summed E-state index contributed by atoms with van der Waals surface area (Å²) in [6.07, 6.45) is 6.80. The quantitative estimate of drug-likeness (QED) is 0.387. The molecule has 3 aromatic rings. The number of hydrogen-bond donors (Lipinski definition) is 0. The molecule has 8 heteroatoms. The third-order valence-electron chi connectivity index (χ3n) is 3.84. The maximum absolute atomic E-state index is 12.8. The van der Waals surface area contributed by atoms with Crippen LogP contribution in [-0.2, 0) is 0 Å². The Bertz CT molecular complexity index is 1180. The summed E-state index contributed by atoms with van der Waals surface area (Å²) in [7, 11) is 1.53. The van der Waals surface area contributed by atoms with Crippen molar-refractivity contribution >= 4 is 49.0 Å². The van der Waals surface area contributed by atoms with E-state index in [1.165, 1.54) is 11.8 Å². The molecule has 28 heavy (non-hydrogen) atoms. The highest BCUT2D eigenvalue weighted by Crippen LogP contribution is 2.36. The predicted octanol–water partition coefficient (Wildman–Crippen LogP) is 4.13. The lowest BCUT2D eigenvalue weighted by Crippen LogP contribution is -2.20. The van der Waals surface area contributed by atoms with Crippen molar-refractivity contribution in [2.75, 3.05) is 13.7 Å². The molecule has 2 aromatic carbocycles. The Kier molecular flexibility index (Phi) is 6.17. The SMILES string of the molecule is C#CCOc1c(Br)cc(C=Nn2c(C)nc3ccc(Br)cc3c2=O)cc1OC. The van der Waals surface area contributed by atoms with E-state index in [9.17, 15) is 4.79 Å². The first kappa shape index (κ1) is 20.1. The van der Waals surface area contributed by atoms with Crippen molar-refractivity contribution in [3.8, 4) is 23.8 Å². The summed E-state index contributed by atoms with van der Waals surface area (Å²) in [6.45, 7) is 1.85. The zero-order valence-corrected chi connectivity index (χ0v) is 18.2. The second kappa shape index (κ2) is 8.59. The normalized spacial score (nSPS) is 11.0. The van der Waals surface area contributed by atoms with Crippen LogP contribution in [0.3, 0.4) is 0 Å². The smallest absolute Gasteiger partial charge is 0.282 e. The van der Waals surface area contributed by atoms with Gasteiger partial charge in [0.1, 0.15) is 12.4 Å². The molecule has 0 amide bonds. The topological polar surface area (TPSA) is 65.7 Å². The van der Waals surface area contributed by atoms with Crippen molar-refractivity contribution in [1.29, 1.82) is 0 Å². The fraction of sp³-hybridized carbons (Fsp3) is 0.150. The Hall–Kier alpha value is -2.63. The Morgan fingerprint density at radius 3 is 2.82 bits per heavy atom. The Morgan fingerprint density at radius 2 is 2.11 bits per heavy atom. The lowest BCUT2D eigenvalue weighted by atomic mass is 10.2. The molecule has 0 saturated heterocycles. The lowest BCUT2D eigenvalue weighted by molar-refractivity contribution is 0.329. The number of aryl methyl sites for hydroxylation is 1. The number of hydrogen-bond acceptors (Lipinski definition) is 5. The van der Waals surface area contributed by atoms with Crippen molar-refractivity contribution in [2.45, 2.75) is 6.92 Å². The molecule has 3 rings (SSSR count). The van der Waals surface area contributed by atoms with Gasteiger partial charge in [-0.3, -0.25) is 4.79 Å². The molecule has 1 aromatic heterocycles. The molecule has 0 aliphatic carbocycles. The molecular formula is C20H15Br2N3O3. The Labute approximate surface area is 178 Å². The fourth-order valence-corrected chi connectivity index (χ4v) is 3.52. The summed E-state index contributed by atoms with van der Waals surface area (Å²) in [5.41, 5.74) is 1.08. The number of aromatic nitrogens is 2. The van der Waals surface area contributed by atoms with Crippen molar-refractivity contribution < 1.29 is 9.47 Å². The molecule has 0 N–H and O–H groups in total. The minimum atomic E-state index is -0.250. The molecular weight excluding hydrogens is 490 g/mol. The van der Waals surface area contributed by atoms with Crippen LogP contribution in [0.4, 0.5) is 0 Å². The van der Waals surface area contributed by atoms with Crippen LogP contribution in [0.2, 0.25) is 0 Å². The number of rotatable bonds is 5. The van der Waals surface area contributed by atoms with E-state index in [0.29, 0.717) is 38.3 Å². The van der Waals surface area contributed by atoms with Gasteiger partial charge in [-0.1, -0.05) is 21.9 Å². The molecule has 0 aliphatic heterocycles. The standard InChI is InChI=1S/C20H15Br2N3O3/c1-4-7-28-19-16(22)8-13(9-18(19)27-3)11-23-25-12(2)24-17-6-5-14(21)10-15(17)20(25)26/h1,5-6,8-11H,7H2,2-3H3. The summed E-state index contributed by atoms with van der Waals surface area (Å²) < 4.78 is 13.6. The number of methoxy groups -OCH3 is 1. The summed E-state index contributed by atoms with van der Waals surface area (Å²) in [5.74, 6) is 3.90. The number of fused-ring (bicyclic) bond motifs is 1. The van der Waals surface area contributed by atoms with Crippen LogP contribution < -0.4 is 15.0 Å². The number of ether oxygens (including phenoxy) is 2. The van der Waals surface area contributed by atoms with E-state index >= 15 is 0 Å². The number of nitrogens with zero attached hydrogens (tertiary/aromatic N) is 3. The molecule has 0 spiro atoms. The van der Waals surface area contributed by atoms with Gasteiger partial charge in [-0.25, -0.2) is 4.98 Å². The number of benzene rings is 2. The van der Waals surface area contributed by atoms with Crippen molar-refractivity contribution in [3.05, 3.63) is 61.0 Å². The summed E-state index contributed by atoms with van der Waals surface area (Å²) in [5, 5.41) is 4.80. The van der Waals surface area contributed by atoms with Crippen molar-refractivity contribution in [1.82, 2.24) is 9.66 Å². The summed E-state index contributed by atoms with van der Waals surface area (Å²) in [4.78, 5) is 17.2. The van der Waals surface area contributed by atoms with Gasteiger partial charge in [0.15, 0.2) is 11.5 Å². The van der Waals surface area contributed by atoms with E-state index in [1.54, 1.807) is 37.4 Å². The molecule has 0 bridgehead atoms. The number of halogens is 2. The highest BCUT2D eigenvalue weighted by Gasteiger charge is 2.12. The van der Waals surface area contributed by atoms with Gasteiger partial charge in [-0.05, 0) is 58.7 Å². The van der Waals surface area contributed by atoms with E-state index in [-0.39, 0.29) is 12.2 Å². The molecule has 142 valence electrons. The van der Waals surface area contributed by atoms with Crippen LogP contribution in [0, 0.1) is 19.3 Å². The minimum Gasteiger partial charge on any atom is -0.493 e. The van der Waals surface area contributed by atoms with Crippen LogP contribution >= 0.6 is 31.9 Å². The first-order chi connectivity index (χ1) is 13.4. The van der Waals surface area contributed by atoms with Crippen LogP contribution in [0.25, 0.3) is 10.9 Å². The maximum atomic E-state index is 12.8. The van der Waals surface area contributed by atoms with Gasteiger partial charge in [-0.2, -0.15) is 9.78 Å². The van der Waals surface area contributed by atoms with Crippen LogP contribution in [-0.4, -0.2) is 29.6 Å². The van der Waals surface area contributed by atoms with E-state index in [0.717, 1.165) is 4.47 Å². The highest BCUT2D eigenvalue weighted by molar-refractivity contribution is 9.10. The molecule has 0 saturated carbocycles. The van der Waals surface area contributed by atoms with Gasteiger partial charge in [0, 0.05) is 4.47 Å². The first-order valence-corrected chi connectivity index (χ1v) is 9.70. The average Bonchev–Trinajstić information content (AvgIpc) is 2.67. The molecule has 0 radical (unpaired) electrons. The van der Waals surface area contributed by atoms with E-state index in [2.05, 4.69) is 47.9 Å². The predicted molar refractivity (Wildman–Crippen MR) is 116 cm³/mol. The molecule has 6 nitrogen and oxygen atoms in total. The average molecular weight is 505 g/mol. The van der Waals surface area contributed by atoms with Gasteiger partial charge in [0.25, 0.3) is 5.56 Å². The third kappa shape index (κ3) is 4.11. The van der Waals surface area contributed by atoms with Crippen LogP contribution in [0.5, 0.6) is 11.5 Å². The molecule has 0 fully saturated rings. The van der Waals surface area contributed by atoms with Crippen molar-refractivity contribution in [3.63, 3.8) is 0 Å². The monoisotopic (exact) mass is 503 g/mol.